The van der Waals surface area contributed by atoms with E-state index in [1.54, 1.807) is 13.8 Å². The van der Waals surface area contributed by atoms with Crippen molar-refractivity contribution in [3.8, 4) is 0 Å². The largest absolute Gasteiger partial charge is 0.385 e. The lowest BCUT2D eigenvalue weighted by Crippen LogP contribution is -2.26. The van der Waals surface area contributed by atoms with Crippen LogP contribution in [-0.4, -0.2) is 22.8 Å². The van der Waals surface area contributed by atoms with Gasteiger partial charge in [-0.25, -0.2) is 0 Å². The molecule has 0 bridgehead atoms. The van der Waals surface area contributed by atoms with E-state index in [2.05, 4.69) is 0 Å². The Bertz CT molecular complexity index is 207. The molecule has 0 saturated heterocycles. The summed E-state index contributed by atoms with van der Waals surface area (Å²) in [6.45, 7) is 7.13. The normalized spacial score (nSPS) is 13.4. The molecule has 0 aliphatic heterocycles. The van der Waals surface area contributed by atoms with E-state index in [1.807, 2.05) is 13.8 Å². The molecule has 3 nitrogen and oxygen atoms in total. The minimum absolute atomic E-state index is 0.0173. The fourth-order valence-electron chi connectivity index (χ4n) is 1.09. The minimum atomic E-state index is -0.974. The number of aliphatic hydroxyl groups excluding tert-OH is 1. The zero-order chi connectivity index (χ0) is 11.3. The summed E-state index contributed by atoms with van der Waals surface area (Å²) in [7, 11) is 0. The molecule has 0 aliphatic rings. The van der Waals surface area contributed by atoms with E-state index in [9.17, 15) is 14.7 Å². The molecule has 0 heterocycles. The first-order chi connectivity index (χ1) is 6.36. The molecule has 14 heavy (non-hydrogen) atoms. The van der Waals surface area contributed by atoms with Gasteiger partial charge in [-0.2, -0.15) is 0 Å². The number of hydrogen-bond acceptors (Lipinski definition) is 3. The first kappa shape index (κ1) is 13.3. The maximum Gasteiger partial charge on any atom is 0.163 e. The van der Waals surface area contributed by atoms with Crippen LogP contribution >= 0.6 is 0 Å². The lowest BCUT2D eigenvalue weighted by Gasteiger charge is -2.11. The maximum atomic E-state index is 11.3. The van der Waals surface area contributed by atoms with Crippen molar-refractivity contribution in [1.82, 2.24) is 0 Å². The molecule has 0 aliphatic carbocycles. The third kappa shape index (κ3) is 4.51. The molecule has 0 amide bonds. The molecule has 1 atom stereocenters. The van der Waals surface area contributed by atoms with E-state index in [4.69, 9.17) is 0 Å². The molecule has 1 unspecified atom stereocenters. The van der Waals surface area contributed by atoms with Crippen molar-refractivity contribution in [3.05, 3.63) is 0 Å². The van der Waals surface area contributed by atoms with Crippen LogP contribution in [0.3, 0.4) is 0 Å². The second kappa shape index (κ2) is 5.91. The molecule has 0 spiro atoms. The summed E-state index contributed by atoms with van der Waals surface area (Å²) in [4.78, 5) is 22.5. The van der Waals surface area contributed by atoms with E-state index in [1.165, 1.54) is 0 Å². The number of aliphatic hydroxyl groups is 1. The van der Waals surface area contributed by atoms with Crippen LogP contribution in [0.2, 0.25) is 0 Å². The SMILES string of the molecule is CC(C)C(=O)CCC(O)C(=O)C(C)C. The fourth-order valence-corrected chi connectivity index (χ4v) is 1.09. The summed E-state index contributed by atoms with van der Waals surface area (Å²) in [5, 5.41) is 9.42. The van der Waals surface area contributed by atoms with Crippen LogP contribution in [0.4, 0.5) is 0 Å². The predicted octanol–water partition coefficient (Wildman–Crippen LogP) is 1.58. The molecule has 82 valence electrons. The summed E-state index contributed by atoms with van der Waals surface area (Å²) in [6, 6.07) is 0. The van der Waals surface area contributed by atoms with Gasteiger partial charge in [0.05, 0.1) is 0 Å². The molecule has 0 aromatic carbocycles. The van der Waals surface area contributed by atoms with Gasteiger partial charge in [-0.3, -0.25) is 9.59 Å². The van der Waals surface area contributed by atoms with Crippen molar-refractivity contribution >= 4 is 11.6 Å². The van der Waals surface area contributed by atoms with Gasteiger partial charge in [0, 0.05) is 18.3 Å². The van der Waals surface area contributed by atoms with Gasteiger partial charge in [0.15, 0.2) is 5.78 Å². The van der Waals surface area contributed by atoms with E-state index < -0.39 is 6.10 Å². The number of hydrogen-bond donors (Lipinski definition) is 1. The standard InChI is InChI=1S/C11H20O3/c1-7(2)9(12)5-6-10(13)11(14)8(3)4/h7-8,10,13H,5-6H2,1-4H3. The van der Waals surface area contributed by atoms with Gasteiger partial charge < -0.3 is 5.11 Å². The summed E-state index contributed by atoms with van der Waals surface area (Å²) in [5.74, 6) is -0.266. The van der Waals surface area contributed by atoms with E-state index >= 15 is 0 Å². The Morgan fingerprint density at radius 3 is 1.93 bits per heavy atom. The second-order valence-corrected chi connectivity index (χ2v) is 4.23. The highest BCUT2D eigenvalue weighted by atomic mass is 16.3. The van der Waals surface area contributed by atoms with Gasteiger partial charge in [-0.15, -0.1) is 0 Å². The molecule has 0 aromatic rings. The summed E-state index contributed by atoms with van der Waals surface area (Å²) >= 11 is 0. The highest BCUT2D eigenvalue weighted by Crippen LogP contribution is 2.08. The summed E-state index contributed by atoms with van der Waals surface area (Å²) in [6.07, 6.45) is -0.427. The molecule has 0 fully saturated rings. The van der Waals surface area contributed by atoms with Gasteiger partial charge in [-0.1, -0.05) is 27.7 Å². The van der Waals surface area contributed by atoms with Crippen molar-refractivity contribution in [2.75, 3.05) is 0 Å². The van der Waals surface area contributed by atoms with Gasteiger partial charge in [-0.05, 0) is 6.42 Å². The number of carbonyl (C=O) groups excluding carboxylic acids is 2. The Morgan fingerprint density at radius 2 is 1.57 bits per heavy atom. The van der Waals surface area contributed by atoms with Gasteiger partial charge in [0.25, 0.3) is 0 Å². The first-order valence-electron chi connectivity index (χ1n) is 5.10. The molecule has 3 heteroatoms. The summed E-state index contributed by atoms with van der Waals surface area (Å²) < 4.78 is 0. The van der Waals surface area contributed by atoms with Crippen LogP contribution in [0.25, 0.3) is 0 Å². The lowest BCUT2D eigenvalue weighted by atomic mass is 9.97. The average molecular weight is 200 g/mol. The molecule has 0 aromatic heterocycles. The average Bonchev–Trinajstić information content (AvgIpc) is 2.11. The van der Waals surface area contributed by atoms with Crippen LogP contribution in [0.5, 0.6) is 0 Å². The Hall–Kier alpha value is -0.700. The number of Topliss-reactive ketones (excluding diaryl/α,β-unsaturated/α-hetero) is 2. The van der Waals surface area contributed by atoms with Crippen molar-refractivity contribution in [3.63, 3.8) is 0 Å². The van der Waals surface area contributed by atoms with E-state index in [0.29, 0.717) is 0 Å². The number of rotatable bonds is 6. The predicted molar refractivity (Wildman–Crippen MR) is 54.9 cm³/mol. The third-order valence-corrected chi connectivity index (χ3v) is 2.21. The zero-order valence-corrected chi connectivity index (χ0v) is 9.41. The van der Waals surface area contributed by atoms with Crippen molar-refractivity contribution in [2.24, 2.45) is 11.8 Å². The number of carbonyl (C=O) groups is 2. The number of ketones is 2. The topological polar surface area (TPSA) is 54.4 Å². The monoisotopic (exact) mass is 200 g/mol. The quantitative estimate of drug-likeness (QED) is 0.708. The van der Waals surface area contributed by atoms with E-state index in [0.717, 1.165) is 0 Å². The molecule has 1 N–H and O–H groups in total. The van der Waals surface area contributed by atoms with Gasteiger partial charge >= 0.3 is 0 Å². The van der Waals surface area contributed by atoms with Crippen molar-refractivity contribution in [1.29, 1.82) is 0 Å². The molecule has 0 rings (SSSR count). The molecule has 0 radical (unpaired) electrons. The molecular weight excluding hydrogens is 180 g/mol. The third-order valence-electron chi connectivity index (χ3n) is 2.21. The van der Waals surface area contributed by atoms with Crippen molar-refractivity contribution < 1.29 is 14.7 Å². The first-order valence-corrected chi connectivity index (χ1v) is 5.10. The maximum absolute atomic E-state index is 11.3. The van der Waals surface area contributed by atoms with Gasteiger partial charge in [0.1, 0.15) is 11.9 Å². The lowest BCUT2D eigenvalue weighted by molar-refractivity contribution is -0.131. The summed E-state index contributed by atoms with van der Waals surface area (Å²) in [5.41, 5.74) is 0. The van der Waals surface area contributed by atoms with Gasteiger partial charge in [0.2, 0.25) is 0 Å². The van der Waals surface area contributed by atoms with Crippen LogP contribution in [0.1, 0.15) is 40.5 Å². The fraction of sp³-hybridized carbons (Fsp3) is 0.818. The van der Waals surface area contributed by atoms with Crippen LogP contribution in [0.15, 0.2) is 0 Å². The minimum Gasteiger partial charge on any atom is -0.385 e. The highest BCUT2D eigenvalue weighted by molar-refractivity contribution is 5.86. The van der Waals surface area contributed by atoms with Crippen LogP contribution in [-0.2, 0) is 9.59 Å². The second-order valence-electron chi connectivity index (χ2n) is 4.23. The highest BCUT2D eigenvalue weighted by Gasteiger charge is 2.19. The molecular formula is C11H20O3. The zero-order valence-electron chi connectivity index (χ0n) is 9.41. The van der Waals surface area contributed by atoms with Crippen molar-refractivity contribution in [2.45, 2.75) is 46.6 Å². The van der Waals surface area contributed by atoms with E-state index in [-0.39, 0.29) is 36.2 Å². The molecule has 0 saturated carbocycles. The Kier molecular flexibility index (Phi) is 5.62. The Labute approximate surface area is 85.5 Å². The smallest absolute Gasteiger partial charge is 0.163 e. The van der Waals surface area contributed by atoms with Crippen LogP contribution < -0.4 is 0 Å². The Morgan fingerprint density at radius 1 is 1.07 bits per heavy atom. The van der Waals surface area contributed by atoms with Crippen LogP contribution in [0, 0.1) is 11.8 Å². The Balaban J connectivity index is 3.91.